The zero-order valence-electron chi connectivity index (χ0n) is 10.3. The quantitative estimate of drug-likeness (QED) is 0.517. The first-order valence-electron chi connectivity index (χ1n) is 5.67. The molecule has 0 radical (unpaired) electrons. The average Bonchev–Trinajstić information content (AvgIpc) is 2.45. The number of amides is 1. The molecule has 1 aromatic heterocycles. The van der Waals surface area contributed by atoms with Crippen LogP contribution in [0.25, 0.3) is 0 Å². The fourth-order valence-corrected chi connectivity index (χ4v) is 2.03. The Morgan fingerprint density at radius 2 is 1.95 bits per heavy atom. The van der Waals surface area contributed by atoms with Crippen LogP contribution >= 0.6 is 22.6 Å². The molecule has 0 spiro atoms. The van der Waals surface area contributed by atoms with Gasteiger partial charge in [-0.15, -0.1) is 0 Å². The Balaban J connectivity index is 2.08. The van der Waals surface area contributed by atoms with Crippen LogP contribution < -0.4 is 5.43 Å². The molecule has 2 aromatic rings. The van der Waals surface area contributed by atoms with Crippen LogP contribution in [0.5, 0.6) is 0 Å². The minimum Gasteiger partial charge on any atom is -0.267 e. The SMILES string of the molecule is C/C(=N\NC(=O)c1cccc(I)c1)c1ccncc1. The van der Waals surface area contributed by atoms with Gasteiger partial charge in [0.2, 0.25) is 0 Å². The molecule has 5 heteroatoms. The van der Waals surface area contributed by atoms with Gasteiger partial charge < -0.3 is 0 Å². The highest BCUT2D eigenvalue weighted by Crippen LogP contribution is 2.07. The van der Waals surface area contributed by atoms with E-state index in [1.807, 2.05) is 37.3 Å². The number of hydrogen-bond acceptors (Lipinski definition) is 3. The molecule has 0 saturated heterocycles. The van der Waals surface area contributed by atoms with Crippen molar-refractivity contribution in [3.8, 4) is 0 Å². The van der Waals surface area contributed by atoms with Crippen LogP contribution in [0.4, 0.5) is 0 Å². The highest BCUT2D eigenvalue weighted by atomic mass is 127. The highest BCUT2D eigenvalue weighted by Gasteiger charge is 2.04. The molecule has 1 amide bonds. The van der Waals surface area contributed by atoms with Crippen LogP contribution in [0, 0.1) is 3.57 Å². The lowest BCUT2D eigenvalue weighted by molar-refractivity contribution is 0.0955. The van der Waals surface area contributed by atoms with Gasteiger partial charge >= 0.3 is 0 Å². The smallest absolute Gasteiger partial charge is 0.267 e. The number of hydrogen-bond donors (Lipinski definition) is 1. The van der Waals surface area contributed by atoms with Gasteiger partial charge in [-0.1, -0.05) is 6.07 Å². The maximum Gasteiger partial charge on any atom is 0.271 e. The van der Waals surface area contributed by atoms with E-state index in [9.17, 15) is 4.79 Å². The van der Waals surface area contributed by atoms with Crippen molar-refractivity contribution in [3.05, 3.63) is 63.5 Å². The third-order valence-electron chi connectivity index (χ3n) is 2.51. The molecule has 0 saturated carbocycles. The van der Waals surface area contributed by atoms with Gasteiger partial charge in [0.05, 0.1) is 5.71 Å². The maximum absolute atomic E-state index is 11.9. The minimum absolute atomic E-state index is 0.216. The second kappa shape index (κ2) is 6.42. The lowest BCUT2D eigenvalue weighted by Gasteiger charge is -2.03. The lowest BCUT2D eigenvalue weighted by atomic mass is 10.2. The van der Waals surface area contributed by atoms with E-state index < -0.39 is 0 Å². The molecule has 0 unspecified atom stereocenters. The van der Waals surface area contributed by atoms with Gasteiger partial charge in [0.25, 0.3) is 5.91 Å². The lowest BCUT2D eigenvalue weighted by Crippen LogP contribution is -2.19. The number of pyridine rings is 1. The Hall–Kier alpha value is -1.76. The third kappa shape index (κ3) is 3.85. The first kappa shape index (κ1) is 13.7. The molecule has 4 nitrogen and oxygen atoms in total. The van der Waals surface area contributed by atoms with E-state index in [0.29, 0.717) is 5.56 Å². The fourth-order valence-electron chi connectivity index (χ4n) is 1.49. The topological polar surface area (TPSA) is 54.4 Å². The van der Waals surface area contributed by atoms with Gasteiger partial charge in [-0.25, -0.2) is 5.43 Å². The summed E-state index contributed by atoms with van der Waals surface area (Å²) in [6.07, 6.45) is 3.38. The Morgan fingerprint density at radius 1 is 1.21 bits per heavy atom. The summed E-state index contributed by atoms with van der Waals surface area (Å²) in [7, 11) is 0. The van der Waals surface area contributed by atoms with E-state index in [-0.39, 0.29) is 5.91 Å². The Morgan fingerprint density at radius 3 is 2.63 bits per heavy atom. The van der Waals surface area contributed by atoms with Crippen molar-refractivity contribution in [2.75, 3.05) is 0 Å². The molecule has 96 valence electrons. The van der Waals surface area contributed by atoms with Crippen LogP contribution in [0.2, 0.25) is 0 Å². The second-order valence-corrected chi connectivity index (χ2v) is 5.13. The molecule has 0 aliphatic carbocycles. The molecule has 1 aromatic carbocycles. The summed E-state index contributed by atoms with van der Waals surface area (Å²) in [6, 6.07) is 11.0. The number of rotatable bonds is 3. The van der Waals surface area contributed by atoms with E-state index in [4.69, 9.17) is 0 Å². The number of aromatic nitrogens is 1. The normalized spacial score (nSPS) is 11.2. The van der Waals surface area contributed by atoms with Crippen molar-refractivity contribution >= 4 is 34.2 Å². The molecule has 1 heterocycles. The van der Waals surface area contributed by atoms with Crippen LogP contribution in [-0.4, -0.2) is 16.6 Å². The van der Waals surface area contributed by atoms with E-state index in [1.165, 1.54) is 0 Å². The molecule has 0 bridgehead atoms. The summed E-state index contributed by atoms with van der Waals surface area (Å²) >= 11 is 2.17. The fraction of sp³-hybridized carbons (Fsp3) is 0.0714. The molecule has 0 aliphatic heterocycles. The zero-order chi connectivity index (χ0) is 13.7. The first-order chi connectivity index (χ1) is 9.16. The number of nitrogens with zero attached hydrogens (tertiary/aromatic N) is 2. The predicted octanol–water partition coefficient (Wildman–Crippen LogP) is 2.84. The molecular weight excluding hydrogens is 353 g/mol. The van der Waals surface area contributed by atoms with Crippen molar-refractivity contribution in [3.63, 3.8) is 0 Å². The van der Waals surface area contributed by atoms with E-state index in [2.05, 4.69) is 38.1 Å². The number of carbonyl (C=O) groups is 1. The number of nitrogens with one attached hydrogen (secondary N) is 1. The molecule has 0 atom stereocenters. The van der Waals surface area contributed by atoms with Crippen molar-refractivity contribution in [1.29, 1.82) is 0 Å². The van der Waals surface area contributed by atoms with Crippen molar-refractivity contribution in [1.82, 2.24) is 10.4 Å². The van der Waals surface area contributed by atoms with Gasteiger partial charge in [-0.05, 0) is 59.8 Å². The maximum atomic E-state index is 11.9. The Labute approximate surface area is 125 Å². The number of hydrazone groups is 1. The highest BCUT2D eigenvalue weighted by molar-refractivity contribution is 14.1. The summed E-state index contributed by atoms with van der Waals surface area (Å²) in [5.74, 6) is -0.216. The summed E-state index contributed by atoms with van der Waals surface area (Å²) in [4.78, 5) is 15.8. The van der Waals surface area contributed by atoms with Crippen LogP contribution in [0.3, 0.4) is 0 Å². The van der Waals surface area contributed by atoms with Gasteiger partial charge in [0.15, 0.2) is 0 Å². The molecule has 0 aliphatic rings. The molecule has 19 heavy (non-hydrogen) atoms. The van der Waals surface area contributed by atoms with Crippen molar-refractivity contribution in [2.24, 2.45) is 5.10 Å². The van der Waals surface area contributed by atoms with Crippen molar-refractivity contribution in [2.45, 2.75) is 6.92 Å². The number of carbonyl (C=O) groups excluding carboxylic acids is 1. The van der Waals surface area contributed by atoms with Crippen LogP contribution in [0.15, 0.2) is 53.9 Å². The Kier molecular flexibility index (Phi) is 4.62. The predicted molar refractivity (Wildman–Crippen MR) is 83.1 cm³/mol. The number of halogens is 1. The molecule has 0 fully saturated rings. The number of benzene rings is 1. The monoisotopic (exact) mass is 365 g/mol. The molecular formula is C14H12IN3O. The summed E-state index contributed by atoms with van der Waals surface area (Å²) in [6.45, 7) is 1.84. The minimum atomic E-state index is -0.216. The van der Waals surface area contributed by atoms with Crippen LogP contribution in [-0.2, 0) is 0 Å². The second-order valence-electron chi connectivity index (χ2n) is 3.88. The first-order valence-corrected chi connectivity index (χ1v) is 6.75. The van der Waals surface area contributed by atoms with Gasteiger partial charge in [-0.3, -0.25) is 9.78 Å². The van der Waals surface area contributed by atoms with E-state index in [0.717, 1.165) is 14.8 Å². The van der Waals surface area contributed by atoms with E-state index in [1.54, 1.807) is 18.5 Å². The molecule has 2 rings (SSSR count). The summed E-state index contributed by atoms with van der Waals surface area (Å²) < 4.78 is 1.01. The average molecular weight is 365 g/mol. The summed E-state index contributed by atoms with van der Waals surface area (Å²) in [5, 5.41) is 4.09. The summed E-state index contributed by atoms with van der Waals surface area (Å²) in [5.41, 5.74) is 4.81. The third-order valence-corrected chi connectivity index (χ3v) is 3.18. The molecule has 1 N–H and O–H groups in total. The van der Waals surface area contributed by atoms with Gasteiger partial charge in [-0.2, -0.15) is 5.10 Å². The standard InChI is InChI=1S/C14H12IN3O/c1-10(11-5-7-16-8-6-11)17-18-14(19)12-3-2-4-13(15)9-12/h2-9H,1H3,(H,18,19)/b17-10+. The zero-order valence-corrected chi connectivity index (χ0v) is 12.5. The largest absolute Gasteiger partial charge is 0.271 e. The van der Waals surface area contributed by atoms with Crippen molar-refractivity contribution < 1.29 is 4.79 Å². The van der Waals surface area contributed by atoms with Crippen LogP contribution in [0.1, 0.15) is 22.8 Å². The van der Waals surface area contributed by atoms with Gasteiger partial charge in [0.1, 0.15) is 0 Å². The van der Waals surface area contributed by atoms with Gasteiger partial charge in [0, 0.05) is 27.1 Å². The van der Waals surface area contributed by atoms with E-state index >= 15 is 0 Å². The Bertz CT molecular complexity index is 611.